The molecule has 0 saturated carbocycles. The molecule has 0 amide bonds. The molecule has 0 atom stereocenters. The monoisotopic (exact) mass is 390 g/mol. The Bertz CT molecular complexity index is 972. The normalized spacial score (nSPS) is 11.4. The molecule has 0 aliphatic rings. The molecule has 4 rings (SSSR count). The van der Waals surface area contributed by atoms with Gasteiger partial charge in [0.15, 0.2) is 0 Å². The van der Waals surface area contributed by atoms with Crippen LogP contribution in [0.4, 0.5) is 0 Å². The average molecular weight is 390 g/mol. The number of hydrogen-bond donors (Lipinski definition) is 0. The first kappa shape index (κ1) is 16.7. The van der Waals surface area contributed by atoms with E-state index in [-0.39, 0.29) is 0 Å². The SMILES string of the molecule is Cn1nnc(-c2cnn(C)c2SSc2c(-c3nnn(C)n3)cnn2C)n1. The molecule has 4 aromatic heterocycles. The highest BCUT2D eigenvalue weighted by molar-refractivity contribution is 8.76. The van der Waals surface area contributed by atoms with E-state index in [1.165, 1.54) is 31.2 Å². The Hall–Kier alpha value is -2.74. The highest BCUT2D eigenvalue weighted by Gasteiger charge is 2.20. The van der Waals surface area contributed by atoms with Crippen molar-refractivity contribution in [2.45, 2.75) is 10.1 Å². The lowest BCUT2D eigenvalue weighted by Crippen LogP contribution is -1.95. The van der Waals surface area contributed by atoms with Gasteiger partial charge in [0.2, 0.25) is 11.6 Å². The van der Waals surface area contributed by atoms with Gasteiger partial charge in [0.05, 0.1) is 37.6 Å². The van der Waals surface area contributed by atoms with Gasteiger partial charge in [-0.1, -0.05) is 0 Å². The number of rotatable bonds is 5. The Balaban J connectivity index is 1.63. The molecular weight excluding hydrogens is 376 g/mol. The molecule has 26 heavy (non-hydrogen) atoms. The van der Waals surface area contributed by atoms with E-state index in [9.17, 15) is 0 Å². The standard InChI is InChI=1S/C12H14N12S2/c1-21-11(7(5-13-21)9-15-19-23(3)17-9)25-26-12-8(6-14-22(12)2)10-16-20-24(4)18-10/h5-6H,1-4H3. The molecule has 0 fully saturated rings. The van der Waals surface area contributed by atoms with Gasteiger partial charge in [0, 0.05) is 14.1 Å². The highest BCUT2D eigenvalue weighted by Crippen LogP contribution is 2.43. The molecule has 0 bridgehead atoms. The maximum Gasteiger partial charge on any atom is 0.209 e. The average Bonchev–Trinajstić information content (AvgIpc) is 3.36. The summed E-state index contributed by atoms with van der Waals surface area (Å²) in [5, 5.41) is 34.9. The molecule has 4 heterocycles. The molecule has 134 valence electrons. The maximum atomic E-state index is 4.31. The predicted octanol–water partition coefficient (Wildman–Crippen LogP) is 0.334. The summed E-state index contributed by atoms with van der Waals surface area (Å²) in [5.41, 5.74) is 1.64. The third-order valence-corrected chi connectivity index (χ3v) is 6.03. The van der Waals surface area contributed by atoms with Gasteiger partial charge < -0.3 is 0 Å². The lowest BCUT2D eigenvalue weighted by atomic mass is 10.3. The molecule has 0 aliphatic carbocycles. The summed E-state index contributed by atoms with van der Waals surface area (Å²) in [6.07, 6.45) is 3.46. The molecule has 0 N–H and O–H groups in total. The van der Waals surface area contributed by atoms with Crippen LogP contribution in [0, 0.1) is 0 Å². The smallest absolute Gasteiger partial charge is 0.209 e. The van der Waals surface area contributed by atoms with Crippen LogP contribution in [-0.4, -0.2) is 60.0 Å². The van der Waals surface area contributed by atoms with E-state index >= 15 is 0 Å². The molecule has 0 saturated heterocycles. The van der Waals surface area contributed by atoms with Crippen molar-refractivity contribution < 1.29 is 0 Å². The van der Waals surface area contributed by atoms with Gasteiger partial charge in [-0.2, -0.15) is 19.8 Å². The van der Waals surface area contributed by atoms with Gasteiger partial charge in [0.1, 0.15) is 10.1 Å². The van der Waals surface area contributed by atoms with Gasteiger partial charge in [-0.3, -0.25) is 9.36 Å². The highest BCUT2D eigenvalue weighted by atomic mass is 33.1. The summed E-state index contributed by atoms with van der Waals surface area (Å²) in [5.74, 6) is 1.06. The molecule has 0 unspecified atom stereocenters. The Labute approximate surface area is 155 Å². The summed E-state index contributed by atoms with van der Waals surface area (Å²) >= 11 is 0. The Morgan fingerprint density at radius 1 is 0.692 bits per heavy atom. The van der Waals surface area contributed by atoms with Crippen molar-refractivity contribution in [2.24, 2.45) is 28.2 Å². The van der Waals surface area contributed by atoms with Gasteiger partial charge in [-0.25, -0.2) is 0 Å². The molecule has 0 radical (unpaired) electrons. The van der Waals surface area contributed by atoms with E-state index in [0.717, 1.165) is 21.2 Å². The second-order valence-electron chi connectivity index (χ2n) is 5.35. The maximum absolute atomic E-state index is 4.31. The third kappa shape index (κ3) is 2.96. The number of nitrogens with zero attached hydrogens (tertiary/aromatic N) is 12. The van der Waals surface area contributed by atoms with E-state index in [4.69, 9.17) is 0 Å². The van der Waals surface area contributed by atoms with Crippen molar-refractivity contribution in [3.05, 3.63) is 12.4 Å². The van der Waals surface area contributed by atoms with Crippen LogP contribution in [0.5, 0.6) is 0 Å². The first-order chi connectivity index (χ1) is 12.5. The summed E-state index contributed by atoms with van der Waals surface area (Å²) in [7, 11) is 10.3. The number of tetrazole rings is 2. The minimum atomic E-state index is 0.532. The predicted molar refractivity (Wildman–Crippen MR) is 93.7 cm³/mol. The van der Waals surface area contributed by atoms with E-state index < -0.39 is 0 Å². The van der Waals surface area contributed by atoms with E-state index in [1.54, 1.807) is 35.9 Å². The van der Waals surface area contributed by atoms with Crippen molar-refractivity contribution in [3.63, 3.8) is 0 Å². The van der Waals surface area contributed by atoms with Gasteiger partial charge in [-0.05, 0) is 32.0 Å². The third-order valence-electron chi connectivity index (χ3n) is 3.47. The fraction of sp³-hybridized carbons (Fsp3) is 0.333. The minimum absolute atomic E-state index is 0.532. The van der Waals surface area contributed by atoms with E-state index in [0.29, 0.717) is 11.6 Å². The van der Waals surface area contributed by atoms with Crippen molar-refractivity contribution in [1.29, 1.82) is 0 Å². The number of aromatic nitrogens is 12. The van der Waals surface area contributed by atoms with Crippen LogP contribution in [0.15, 0.2) is 22.4 Å². The van der Waals surface area contributed by atoms with Crippen LogP contribution >= 0.6 is 21.6 Å². The Kier molecular flexibility index (Phi) is 4.20. The quantitative estimate of drug-likeness (QED) is 0.440. The number of hydrogen-bond acceptors (Lipinski definition) is 10. The van der Waals surface area contributed by atoms with Crippen LogP contribution in [0.2, 0.25) is 0 Å². The van der Waals surface area contributed by atoms with Gasteiger partial charge in [0.25, 0.3) is 0 Å². The van der Waals surface area contributed by atoms with E-state index in [2.05, 4.69) is 41.0 Å². The second kappa shape index (κ2) is 6.53. The van der Waals surface area contributed by atoms with Crippen LogP contribution in [0.3, 0.4) is 0 Å². The zero-order valence-electron chi connectivity index (χ0n) is 14.3. The van der Waals surface area contributed by atoms with Crippen molar-refractivity contribution in [2.75, 3.05) is 0 Å². The Morgan fingerprint density at radius 2 is 1.12 bits per heavy atom. The zero-order chi connectivity index (χ0) is 18.3. The fourth-order valence-electron chi connectivity index (χ4n) is 2.22. The Morgan fingerprint density at radius 3 is 1.46 bits per heavy atom. The summed E-state index contributed by atoms with van der Waals surface area (Å²) in [6.45, 7) is 0. The lowest BCUT2D eigenvalue weighted by molar-refractivity contribution is 0.630. The van der Waals surface area contributed by atoms with Gasteiger partial charge in [-0.15, -0.1) is 20.4 Å². The molecule has 0 aromatic carbocycles. The first-order valence-corrected chi connectivity index (χ1v) is 9.55. The van der Waals surface area contributed by atoms with Crippen molar-refractivity contribution in [3.8, 4) is 22.8 Å². The fourth-order valence-corrected chi connectivity index (χ4v) is 4.81. The summed E-state index contributed by atoms with van der Waals surface area (Å²) in [4.78, 5) is 2.84. The van der Waals surface area contributed by atoms with Crippen LogP contribution in [0.25, 0.3) is 22.8 Å². The number of aryl methyl sites for hydroxylation is 4. The van der Waals surface area contributed by atoms with Crippen molar-refractivity contribution >= 4 is 21.6 Å². The molecular formula is C12H14N12S2. The summed E-state index contributed by atoms with van der Waals surface area (Å²) in [6, 6.07) is 0. The molecule has 12 nitrogen and oxygen atoms in total. The largest absolute Gasteiger partial charge is 0.260 e. The van der Waals surface area contributed by atoms with Crippen molar-refractivity contribution in [1.82, 2.24) is 60.0 Å². The molecule has 0 spiro atoms. The molecule has 14 heteroatoms. The topological polar surface area (TPSA) is 123 Å². The van der Waals surface area contributed by atoms with Gasteiger partial charge >= 0.3 is 0 Å². The van der Waals surface area contributed by atoms with Crippen LogP contribution in [-0.2, 0) is 28.2 Å². The molecule has 4 aromatic rings. The van der Waals surface area contributed by atoms with Crippen LogP contribution < -0.4 is 0 Å². The second-order valence-corrected chi connectivity index (χ2v) is 7.45. The minimum Gasteiger partial charge on any atom is -0.260 e. The zero-order valence-corrected chi connectivity index (χ0v) is 16.0. The first-order valence-electron chi connectivity index (χ1n) is 7.40. The lowest BCUT2D eigenvalue weighted by Gasteiger charge is -2.05. The summed E-state index contributed by atoms with van der Waals surface area (Å²) < 4.78 is 3.56. The van der Waals surface area contributed by atoms with E-state index in [1.807, 2.05) is 14.1 Å². The van der Waals surface area contributed by atoms with Crippen LogP contribution in [0.1, 0.15) is 0 Å². The molecule has 0 aliphatic heterocycles.